The van der Waals surface area contributed by atoms with Crippen molar-refractivity contribution >= 4 is 5.91 Å². The van der Waals surface area contributed by atoms with Gasteiger partial charge in [-0.3, -0.25) is 9.69 Å². The van der Waals surface area contributed by atoms with Crippen molar-refractivity contribution in [3.63, 3.8) is 0 Å². The lowest BCUT2D eigenvalue weighted by Gasteiger charge is -2.32. The summed E-state index contributed by atoms with van der Waals surface area (Å²) in [5, 5.41) is 10.5. The minimum atomic E-state index is -0.439. The lowest BCUT2D eigenvalue weighted by atomic mass is 10.1. The Hall–Kier alpha value is -1.39. The van der Waals surface area contributed by atoms with Crippen molar-refractivity contribution in [2.24, 2.45) is 0 Å². The molecule has 2 fully saturated rings. The molecule has 1 saturated carbocycles. The van der Waals surface area contributed by atoms with Crippen LogP contribution in [-0.4, -0.2) is 52.6 Å². The number of benzene rings is 1. The topological polar surface area (TPSA) is 43.8 Å². The molecule has 4 heteroatoms. The van der Waals surface area contributed by atoms with Crippen LogP contribution in [0, 0.1) is 0 Å². The monoisotopic (exact) mass is 314 g/mol. The number of carbonyl (C=O) groups is 1. The molecule has 0 spiro atoms. The first-order valence-corrected chi connectivity index (χ1v) is 9.02. The average Bonchev–Trinajstić information content (AvgIpc) is 3.19. The highest BCUT2D eigenvalue weighted by atomic mass is 16.3. The molecule has 0 aromatic heterocycles. The molecule has 1 saturated heterocycles. The van der Waals surface area contributed by atoms with Crippen molar-refractivity contribution in [3.05, 3.63) is 35.4 Å². The van der Waals surface area contributed by atoms with E-state index in [4.69, 9.17) is 0 Å². The maximum absolute atomic E-state index is 11.8. The summed E-state index contributed by atoms with van der Waals surface area (Å²) < 4.78 is 0. The predicted molar refractivity (Wildman–Crippen MR) is 89.1 cm³/mol. The van der Waals surface area contributed by atoms with Gasteiger partial charge >= 0.3 is 0 Å². The highest BCUT2D eigenvalue weighted by Crippen LogP contribution is 2.41. The SMILES string of the molecule is O=C1CCCN1CC(O)CN(C1CC1)C1CCc2ccccc21. The molecule has 1 amide bonds. The molecule has 4 rings (SSSR count). The average molecular weight is 314 g/mol. The Labute approximate surface area is 138 Å². The lowest BCUT2D eigenvalue weighted by Crippen LogP contribution is -2.42. The lowest BCUT2D eigenvalue weighted by molar-refractivity contribution is -0.129. The van der Waals surface area contributed by atoms with E-state index in [1.807, 2.05) is 4.90 Å². The van der Waals surface area contributed by atoms with E-state index in [1.54, 1.807) is 0 Å². The summed E-state index contributed by atoms with van der Waals surface area (Å²) in [7, 11) is 0. The minimum Gasteiger partial charge on any atom is -0.390 e. The molecule has 2 atom stereocenters. The maximum atomic E-state index is 11.8. The number of nitrogens with zero attached hydrogens (tertiary/aromatic N) is 2. The molecular weight excluding hydrogens is 288 g/mol. The number of fused-ring (bicyclic) bond motifs is 1. The van der Waals surface area contributed by atoms with Crippen LogP contribution in [-0.2, 0) is 11.2 Å². The molecule has 4 nitrogen and oxygen atoms in total. The van der Waals surface area contributed by atoms with Gasteiger partial charge in [-0.25, -0.2) is 0 Å². The molecule has 3 aliphatic rings. The zero-order chi connectivity index (χ0) is 15.8. The third-order valence-corrected chi connectivity index (χ3v) is 5.54. The van der Waals surface area contributed by atoms with Crippen molar-refractivity contribution in [2.75, 3.05) is 19.6 Å². The van der Waals surface area contributed by atoms with Crippen molar-refractivity contribution in [3.8, 4) is 0 Å². The van der Waals surface area contributed by atoms with Crippen LogP contribution in [0.15, 0.2) is 24.3 Å². The molecule has 0 bridgehead atoms. The standard InChI is InChI=1S/C19H26N2O2/c22-16(12-20-11-3-6-19(20)23)13-21(15-8-9-15)18-10-7-14-4-1-2-5-17(14)18/h1-2,4-5,15-16,18,22H,3,6-13H2. The Balaban J connectivity index is 1.43. The van der Waals surface area contributed by atoms with E-state index in [0.717, 1.165) is 25.8 Å². The van der Waals surface area contributed by atoms with Crippen molar-refractivity contribution in [1.29, 1.82) is 0 Å². The molecule has 124 valence electrons. The van der Waals surface area contributed by atoms with Gasteiger partial charge in [-0.2, -0.15) is 0 Å². The van der Waals surface area contributed by atoms with E-state index >= 15 is 0 Å². The fourth-order valence-electron chi connectivity index (χ4n) is 4.27. The Kier molecular flexibility index (Phi) is 4.12. The molecule has 2 unspecified atom stereocenters. The summed E-state index contributed by atoms with van der Waals surface area (Å²) in [6.45, 7) is 2.00. The molecule has 2 aliphatic carbocycles. The van der Waals surface area contributed by atoms with E-state index in [9.17, 15) is 9.90 Å². The van der Waals surface area contributed by atoms with Gasteiger partial charge in [0.15, 0.2) is 0 Å². The number of β-amino-alcohol motifs (C(OH)–C–C–N with tert-alkyl or cyclic N) is 1. The Morgan fingerprint density at radius 2 is 2.04 bits per heavy atom. The Bertz CT molecular complexity index is 584. The van der Waals surface area contributed by atoms with Crippen LogP contribution < -0.4 is 0 Å². The van der Waals surface area contributed by atoms with Gasteiger partial charge in [0.05, 0.1) is 6.10 Å². The second-order valence-corrected chi connectivity index (χ2v) is 7.28. The van der Waals surface area contributed by atoms with Gasteiger partial charge in [0.2, 0.25) is 5.91 Å². The van der Waals surface area contributed by atoms with Crippen molar-refractivity contribution in [1.82, 2.24) is 9.80 Å². The van der Waals surface area contributed by atoms with Crippen LogP contribution in [0.2, 0.25) is 0 Å². The number of likely N-dealkylation sites (tertiary alicyclic amines) is 1. The van der Waals surface area contributed by atoms with Crippen LogP contribution in [0.25, 0.3) is 0 Å². The molecule has 1 N–H and O–H groups in total. The molecule has 0 radical (unpaired) electrons. The molecule has 1 aromatic rings. The first kappa shape index (κ1) is 15.2. The van der Waals surface area contributed by atoms with E-state index in [1.165, 1.54) is 24.0 Å². The molecular formula is C19H26N2O2. The molecule has 23 heavy (non-hydrogen) atoms. The van der Waals surface area contributed by atoms with Crippen LogP contribution >= 0.6 is 0 Å². The number of aryl methyl sites for hydroxylation is 1. The van der Waals surface area contributed by atoms with Crippen LogP contribution in [0.3, 0.4) is 0 Å². The van der Waals surface area contributed by atoms with Gasteiger partial charge in [-0.05, 0) is 43.2 Å². The second-order valence-electron chi connectivity index (χ2n) is 7.28. The fourth-order valence-corrected chi connectivity index (χ4v) is 4.27. The Morgan fingerprint density at radius 1 is 1.22 bits per heavy atom. The fraction of sp³-hybridized carbons (Fsp3) is 0.632. The summed E-state index contributed by atoms with van der Waals surface area (Å²) in [4.78, 5) is 16.1. The number of amides is 1. The molecule has 1 aromatic carbocycles. The van der Waals surface area contributed by atoms with Crippen LogP contribution in [0.1, 0.15) is 49.3 Å². The first-order valence-electron chi connectivity index (χ1n) is 9.02. The van der Waals surface area contributed by atoms with Gasteiger partial charge in [0, 0.05) is 38.1 Å². The molecule has 1 heterocycles. The van der Waals surface area contributed by atoms with Gasteiger partial charge in [-0.15, -0.1) is 0 Å². The van der Waals surface area contributed by atoms with E-state index in [-0.39, 0.29) is 5.91 Å². The van der Waals surface area contributed by atoms with Crippen molar-refractivity contribution in [2.45, 2.75) is 56.7 Å². The summed E-state index contributed by atoms with van der Waals surface area (Å²) in [5.74, 6) is 0.202. The van der Waals surface area contributed by atoms with Crippen LogP contribution in [0.5, 0.6) is 0 Å². The van der Waals surface area contributed by atoms with E-state index in [0.29, 0.717) is 31.6 Å². The summed E-state index contributed by atoms with van der Waals surface area (Å²) in [5.41, 5.74) is 2.91. The third kappa shape index (κ3) is 3.15. The highest BCUT2D eigenvalue weighted by molar-refractivity contribution is 5.78. The summed E-state index contributed by atoms with van der Waals surface area (Å²) in [6, 6.07) is 9.80. The largest absolute Gasteiger partial charge is 0.390 e. The minimum absolute atomic E-state index is 0.202. The number of hydrogen-bond acceptors (Lipinski definition) is 3. The van der Waals surface area contributed by atoms with Crippen molar-refractivity contribution < 1.29 is 9.90 Å². The van der Waals surface area contributed by atoms with E-state index < -0.39 is 6.10 Å². The normalized spacial score (nSPS) is 25.2. The summed E-state index contributed by atoms with van der Waals surface area (Å²) >= 11 is 0. The quantitative estimate of drug-likeness (QED) is 0.875. The number of aliphatic hydroxyl groups excluding tert-OH is 1. The van der Waals surface area contributed by atoms with Gasteiger partial charge in [0.1, 0.15) is 0 Å². The maximum Gasteiger partial charge on any atom is 0.222 e. The zero-order valence-corrected chi connectivity index (χ0v) is 13.7. The van der Waals surface area contributed by atoms with Gasteiger partial charge < -0.3 is 10.0 Å². The predicted octanol–water partition coefficient (Wildman–Crippen LogP) is 2.12. The zero-order valence-electron chi connectivity index (χ0n) is 13.7. The number of carbonyl (C=O) groups excluding carboxylic acids is 1. The number of aliphatic hydroxyl groups is 1. The van der Waals surface area contributed by atoms with Gasteiger partial charge in [0.25, 0.3) is 0 Å². The second kappa shape index (κ2) is 6.25. The highest BCUT2D eigenvalue weighted by Gasteiger charge is 2.38. The van der Waals surface area contributed by atoms with Crippen LogP contribution in [0.4, 0.5) is 0 Å². The number of rotatable bonds is 6. The van der Waals surface area contributed by atoms with Gasteiger partial charge in [-0.1, -0.05) is 24.3 Å². The Morgan fingerprint density at radius 3 is 2.78 bits per heavy atom. The summed E-state index contributed by atoms with van der Waals surface area (Å²) in [6.07, 6.45) is 5.94. The number of hydrogen-bond donors (Lipinski definition) is 1. The smallest absolute Gasteiger partial charge is 0.222 e. The third-order valence-electron chi connectivity index (χ3n) is 5.54. The molecule has 1 aliphatic heterocycles. The first-order chi connectivity index (χ1) is 11.2. The van der Waals surface area contributed by atoms with E-state index in [2.05, 4.69) is 29.2 Å².